The van der Waals surface area contributed by atoms with Crippen molar-refractivity contribution in [1.29, 1.82) is 0 Å². The number of fused-ring (bicyclic) bond motifs is 17. The number of thiophene rings is 2. The van der Waals surface area contributed by atoms with Gasteiger partial charge in [-0.25, -0.2) is 0 Å². The van der Waals surface area contributed by atoms with Gasteiger partial charge in [-0.1, -0.05) is 127 Å². The average Bonchev–Trinajstić information content (AvgIpc) is 3.92. The van der Waals surface area contributed by atoms with Gasteiger partial charge in [0, 0.05) is 68.5 Å². The number of para-hydroxylation sites is 2. The molecule has 57 heavy (non-hydrogen) atoms. The molecular weight excluding hydrogens is 731 g/mol. The van der Waals surface area contributed by atoms with Gasteiger partial charge in [-0.05, 0) is 93.7 Å². The van der Waals surface area contributed by atoms with Crippen molar-refractivity contribution < 1.29 is 4.74 Å². The monoisotopic (exact) mass is 761 g/mol. The number of ether oxygens (including phenoxy) is 1. The number of rotatable bonds is 3. The maximum absolute atomic E-state index is 6.72. The lowest BCUT2D eigenvalue weighted by atomic mass is 9.66. The molecule has 0 bridgehead atoms. The van der Waals surface area contributed by atoms with Crippen LogP contribution in [-0.4, -0.2) is 0 Å². The van der Waals surface area contributed by atoms with Crippen LogP contribution in [0.4, 0.5) is 17.1 Å². The third-order valence-corrected chi connectivity index (χ3v) is 14.6. The molecule has 1 spiro atoms. The van der Waals surface area contributed by atoms with Crippen molar-refractivity contribution in [2.24, 2.45) is 0 Å². The minimum atomic E-state index is -0.591. The summed E-state index contributed by atoms with van der Waals surface area (Å²) in [5.74, 6) is 1.80. The van der Waals surface area contributed by atoms with Gasteiger partial charge >= 0.3 is 0 Å². The first-order chi connectivity index (χ1) is 28.2. The lowest BCUT2D eigenvalue weighted by Crippen LogP contribution is -2.32. The van der Waals surface area contributed by atoms with E-state index in [1.807, 2.05) is 22.7 Å². The van der Waals surface area contributed by atoms with Crippen LogP contribution in [0.15, 0.2) is 188 Å². The number of benzene rings is 9. The molecule has 4 heteroatoms. The first-order valence-corrected chi connectivity index (χ1v) is 21.0. The molecule has 0 unspecified atom stereocenters. The number of hydrogen-bond acceptors (Lipinski definition) is 4. The molecule has 0 N–H and O–H groups in total. The Kier molecular flexibility index (Phi) is 6.44. The fraction of sp³-hybridized carbons (Fsp3) is 0.0189. The Bertz CT molecular complexity index is 3320. The minimum absolute atomic E-state index is 0.591. The van der Waals surface area contributed by atoms with Gasteiger partial charge in [-0.15, -0.1) is 22.7 Å². The van der Waals surface area contributed by atoms with E-state index in [0.717, 1.165) is 28.6 Å². The van der Waals surface area contributed by atoms with Crippen LogP contribution in [0.3, 0.4) is 0 Å². The van der Waals surface area contributed by atoms with Gasteiger partial charge in [0.15, 0.2) is 0 Å². The highest BCUT2D eigenvalue weighted by atomic mass is 32.1. The predicted molar refractivity (Wildman–Crippen MR) is 242 cm³/mol. The van der Waals surface area contributed by atoms with Gasteiger partial charge in [0.25, 0.3) is 0 Å². The third-order valence-electron chi connectivity index (χ3n) is 12.3. The van der Waals surface area contributed by atoms with E-state index in [1.54, 1.807) is 0 Å². The molecule has 0 amide bonds. The van der Waals surface area contributed by atoms with Crippen molar-refractivity contribution in [3.8, 4) is 22.6 Å². The molecular formula is C53H31NOS2. The van der Waals surface area contributed by atoms with Crippen LogP contribution in [0.1, 0.15) is 22.3 Å². The number of hydrogen-bond donors (Lipinski definition) is 0. The Hall–Kier alpha value is -6.72. The fourth-order valence-corrected chi connectivity index (χ4v) is 12.2. The lowest BCUT2D eigenvalue weighted by molar-refractivity contribution is 0.436. The molecule has 0 atom stereocenters. The normalized spacial score (nSPS) is 13.5. The van der Waals surface area contributed by atoms with Crippen molar-refractivity contribution in [2.45, 2.75) is 5.41 Å². The molecule has 1 aliphatic heterocycles. The summed E-state index contributed by atoms with van der Waals surface area (Å²) in [4.78, 5) is 2.47. The van der Waals surface area contributed by atoms with E-state index in [9.17, 15) is 0 Å². The molecule has 13 rings (SSSR count). The molecule has 0 fully saturated rings. The maximum atomic E-state index is 6.72. The highest BCUT2D eigenvalue weighted by Crippen LogP contribution is 2.63. The highest BCUT2D eigenvalue weighted by molar-refractivity contribution is 7.26. The lowest BCUT2D eigenvalue weighted by Gasteiger charge is -2.39. The predicted octanol–water partition coefficient (Wildman–Crippen LogP) is 15.5. The quantitative estimate of drug-likeness (QED) is 0.178. The summed E-state index contributed by atoms with van der Waals surface area (Å²) in [6.07, 6.45) is 0. The summed E-state index contributed by atoms with van der Waals surface area (Å²) in [7, 11) is 0. The van der Waals surface area contributed by atoms with Crippen LogP contribution in [0, 0.1) is 0 Å². The Morgan fingerprint density at radius 3 is 1.53 bits per heavy atom. The van der Waals surface area contributed by atoms with Gasteiger partial charge in [-0.3, -0.25) is 0 Å². The summed E-state index contributed by atoms with van der Waals surface area (Å²) in [5, 5.41) is 7.72. The molecule has 0 saturated heterocycles. The molecule has 11 aromatic rings. The second-order valence-corrected chi connectivity index (χ2v) is 17.3. The molecule has 3 heterocycles. The smallest absolute Gasteiger partial charge is 0.132 e. The largest absolute Gasteiger partial charge is 0.457 e. The second-order valence-electron chi connectivity index (χ2n) is 15.2. The molecule has 0 radical (unpaired) electrons. The second kappa shape index (κ2) is 11.7. The van der Waals surface area contributed by atoms with Crippen molar-refractivity contribution >= 4 is 90.9 Å². The summed E-state index contributed by atoms with van der Waals surface area (Å²) >= 11 is 3.73. The van der Waals surface area contributed by atoms with Gasteiger partial charge < -0.3 is 9.64 Å². The van der Waals surface area contributed by atoms with E-state index in [2.05, 4.69) is 193 Å². The topological polar surface area (TPSA) is 12.5 Å². The van der Waals surface area contributed by atoms with E-state index in [1.165, 1.54) is 84.5 Å². The van der Waals surface area contributed by atoms with Crippen molar-refractivity contribution in [2.75, 3.05) is 4.90 Å². The average molecular weight is 762 g/mol. The number of anilines is 3. The van der Waals surface area contributed by atoms with Crippen LogP contribution in [-0.2, 0) is 5.41 Å². The van der Waals surface area contributed by atoms with E-state index in [-0.39, 0.29) is 0 Å². The Morgan fingerprint density at radius 2 is 0.877 bits per heavy atom. The zero-order chi connectivity index (χ0) is 37.2. The minimum Gasteiger partial charge on any atom is -0.457 e. The zero-order valence-corrected chi connectivity index (χ0v) is 32.2. The van der Waals surface area contributed by atoms with E-state index in [0.29, 0.717) is 0 Å². The molecule has 0 saturated carbocycles. The molecule has 266 valence electrons. The van der Waals surface area contributed by atoms with E-state index < -0.39 is 5.41 Å². The molecule has 9 aromatic carbocycles. The maximum Gasteiger partial charge on any atom is 0.132 e. The van der Waals surface area contributed by atoms with Crippen LogP contribution in [0.5, 0.6) is 11.5 Å². The van der Waals surface area contributed by atoms with Crippen molar-refractivity contribution in [1.82, 2.24) is 0 Å². The van der Waals surface area contributed by atoms with Gasteiger partial charge in [0.05, 0.1) is 5.41 Å². The summed E-state index contributed by atoms with van der Waals surface area (Å²) in [6, 6.07) is 69.5. The molecule has 2 aliphatic rings. The SMILES string of the molecule is c1ccc2c(c1)Oc1ccccc1C21c2cc(N(c3ccc4c(c3)sc3ccccc34)c3ccc4c(c3)sc3ccccc34)ccc2-c2c1ccc1ccccc21. The highest BCUT2D eigenvalue weighted by Gasteiger charge is 2.51. The standard InChI is InChI=1S/C53H31NOS2/c1-2-12-36-32(11-1)21-28-44-52(36)41-27-24-33(29-45(41)53(44)42-15-5-7-17-46(42)55-47-18-8-6-16-43(47)53)54(34-22-25-39-37-13-3-9-19-48(37)56-50(39)30-34)35-23-26-40-38-14-4-10-20-49(38)57-51(40)31-35/h1-31H. The fourth-order valence-electron chi connectivity index (χ4n) is 9.95. The van der Waals surface area contributed by atoms with E-state index in [4.69, 9.17) is 4.74 Å². The van der Waals surface area contributed by atoms with Crippen molar-refractivity contribution in [3.05, 3.63) is 210 Å². The summed E-state index contributed by atoms with van der Waals surface area (Å²) < 4.78 is 11.9. The molecule has 2 aromatic heterocycles. The Balaban J connectivity index is 1.12. The van der Waals surface area contributed by atoms with E-state index >= 15 is 0 Å². The zero-order valence-electron chi connectivity index (χ0n) is 30.6. The Labute approximate surface area is 337 Å². The molecule has 2 nitrogen and oxygen atoms in total. The number of nitrogens with zero attached hydrogens (tertiary/aromatic N) is 1. The third kappa shape index (κ3) is 4.29. The Morgan fingerprint density at radius 1 is 0.368 bits per heavy atom. The van der Waals surface area contributed by atoms with Gasteiger partial charge in [0.1, 0.15) is 11.5 Å². The van der Waals surface area contributed by atoms with Gasteiger partial charge in [-0.2, -0.15) is 0 Å². The summed E-state index contributed by atoms with van der Waals surface area (Å²) in [5.41, 5.74) is 10.3. The van der Waals surface area contributed by atoms with Crippen LogP contribution in [0.2, 0.25) is 0 Å². The molecule has 1 aliphatic carbocycles. The first-order valence-electron chi connectivity index (χ1n) is 19.4. The summed E-state index contributed by atoms with van der Waals surface area (Å²) in [6.45, 7) is 0. The van der Waals surface area contributed by atoms with Crippen LogP contribution in [0.25, 0.3) is 62.2 Å². The van der Waals surface area contributed by atoms with Crippen LogP contribution >= 0.6 is 22.7 Å². The van der Waals surface area contributed by atoms with Gasteiger partial charge in [0.2, 0.25) is 0 Å². The van der Waals surface area contributed by atoms with Crippen LogP contribution < -0.4 is 9.64 Å². The first kappa shape index (κ1) is 31.5. The van der Waals surface area contributed by atoms with Crippen molar-refractivity contribution in [3.63, 3.8) is 0 Å².